The first-order valence-corrected chi connectivity index (χ1v) is 8.61. The summed E-state index contributed by atoms with van der Waals surface area (Å²) in [5, 5.41) is 16.4. The van der Waals surface area contributed by atoms with Crippen molar-refractivity contribution in [2.45, 2.75) is 31.7 Å². The molecule has 1 aromatic heterocycles. The zero-order valence-electron chi connectivity index (χ0n) is 11.8. The van der Waals surface area contributed by atoms with Gasteiger partial charge in [-0.25, -0.2) is 4.98 Å². The lowest BCUT2D eigenvalue weighted by molar-refractivity contribution is 0.254. The zero-order chi connectivity index (χ0) is 14.7. The lowest BCUT2D eigenvalue weighted by Gasteiger charge is -2.19. The molecular weight excluding hydrogens is 304 g/mol. The second kappa shape index (κ2) is 6.77. The van der Waals surface area contributed by atoms with E-state index in [0.717, 1.165) is 34.3 Å². The topological polar surface area (TPSA) is 45.1 Å². The summed E-state index contributed by atoms with van der Waals surface area (Å²) in [4.78, 5) is 4.66. The largest absolute Gasteiger partial charge is 0.396 e. The number of benzene rings is 1. The van der Waals surface area contributed by atoms with E-state index in [9.17, 15) is 0 Å². The van der Waals surface area contributed by atoms with E-state index in [1.54, 1.807) is 11.3 Å². The third kappa shape index (κ3) is 3.39. The summed E-state index contributed by atoms with van der Waals surface area (Å²) in [5.74, 6) is 0.558. The fourth-order valence-corrected chi connectivity index (χ4v) is 4.04. The normalized spacial score (nSPS) is 21.6. The Morgan fingerprint density at radius 3 is 3.00 bits per heavy atom. The van der Waals surface area contributed by atoms with Gasteiger partial charge in [-0.3, -0.25) is 0 Å². The molecule has 1 aliphatic rings. The number of nitrogens with one attached hydrogen (secondary N) is 1. The van der Waals surface area contributed by atoms with E-state index in [1.165, 1.54) is 12.8 Å². The summed E-state index contributed by atoms with van der Waals surface area (Å²) >= 11 is 7.84. The Hall–Kier alpha value is -1.10. The van der Waals surface area contributed by atoms with E-state index < -0.39 is 0 Å². The highest BCUT2D eigenvalue weighted by Gasteiger charge is 2.27. The first-order chi connectivity index (χ1) is 10.3. The van der Waals surface area contributed by atoms with Crippen LogP contribution in [0.3, 0.4) is 0 Å². The minimum Gasteiger partial charge on any atom is -0.396 e. The summed E-state index contributed by atoms with van der Waals surface area (Å²) in [7, 11) is 0. The molecule has 2 unspecified atom stereocenters. The minimum absolute atomic E-state index is 0.269. The molecule has 0 saturated heterocycles. The molecule has 3 rings (SSSR count). The quantitative estimate of drug-likeness (QED) is 0.856. The molecule has 3 nitrogen and oxygen atoms in total. The standard InChI is InChI=1S/C16H19ClN2OS/c17-13-6-2-1-5-12(13)15-10-21-16(19-15)18-14-7-3-4-11(14)8-9-20/h1-2,5-6,10-11,14,20H,3-4,7-9H2,(H,18,19). The number of aliphatic hydroxyl groups is 1. The van der Waals surface area contributed by atoms with Crippen molar-refractivity contribution in [2.75, 3.05) is 11.9 Å². The SMILES string of the molecule is OCCC1CCCC1Nc1nc(-c2ccccc2Cl)cs1. The predicted molar refractivity (Wildman–Crippen MR) is 89.0 cm³/mol. The average Bonchev–Trinajstić information content (AvgIpc) is 3.11. The molecule has 21 heavy (non-hydrogen) atoms. The maximum Gasteiger partial charge on any atom is 0.183 e. The van der Waals surface area contributed by atoms with Crippen molar-refractivity contribution in [3.63, 3.8) is 0 Å². The number of aromatic nitrogens is 1. The van der Waals surface area contributed by atoms with Gasteiger partial charge in [0.1, 0.15) is 0 Å². The second-order valence-corrected chi connectivity index (χ2v) is 6.74. The van der Waals surface area contributed by atoms with Gasteiger partial charge in [-0.05, 0) is 31.2 Å². The third-order valence-corrected chi connectivity index (χ3v) is 5.22. The number of halogens is 1. The average molecular weight is 323 g/mol. The van der Waals surface area contributed by atoms with Gasteiger partial charge in [-0.2, -0.15) is 0 Å². The molecule has 0 aliphatic heterocycles. The highest BCUT2D eigenvalue weighted by atomic mass is 35.5. The molecule has 2 aromatic rings. The Labute approximate surface area is 134 Å². The van der Waals surface area contributed by atoms with Crippen molar-refractivity contribution in [1.29, 1.82) is 0 Å². The van der Waals surface area contributed by atoms with Crippen molar-refractivity contribution in [3.8, 4) is 11.3 Å². The van der Waals surface area contributed by atoms with Crippen LogP contribution in [0.15, 0.2) is 29.6 Å². The Kier molecular flexibility index (Phi) is 4.78. The Bertz CT molecular complexity index is 601. The van der Waals surface area contributed by atoms with Gasteiger partial charge in [-0.1, -0.05) is 36.2 Å². The summed E-state index contributed by atoms with van der Waals surface area (Å²) in [6.07, 6.45) is 4.46. The lowest BCUT2D eigenvalue weighted by Crippen LogP contribution is -2.24. The van der Waals surface area contributed by atoms with Crippen molar-refractivity contribution in [2.24, 2.45) is 5.92 Å². The Morgan fingerprint density at radius 1 is 1.33 bits per heavy atom. The summed E-state index contributed by atoms with van der Waals surface area (Å²) in [6, 6.07) is 8.21. The van der Waals surface area contributed by atoms with Gasteiger partial charge in [0, 0.05) is 28.6 Å². The molecule has 1 fully saturated rings. The Morgan fingerprint density at radius 2 is 2.19 bits per heavy atom. The molecule has 0 radical (unpaired) electrons. The van der Waals surface area contributed by atoms with Gasteiger partial charge >= 0.3 is 0 Å². The number of hydrogen-bond donors (Lipinski definition) is 2. The van der Waals surface area contributed by atoms with Gasteiger partial charge < -0.3 is 10.4 Å². The van der Waals surface area contributed by atoms with Gasteiger partial charge in [0.05, 0.1) is 5.69 Å². The van der Waals surface area contributed by atoms with Crippen LogP contribution in [-0.4, -0.2) is 22.7 Å². The van der Waals surface area contributed by atoms with Crippen molar-refractivity contribution in [3.05, 3.63) is 34.7 Å². The minimum atomic E-state index is 0.269. The van der Waals surface area contributed by atoms with E-state index in [1.807, 2.05) is 29.6 Å². The number of nitrogens with zero attached hydrogens (tertiary/aromatic N) is 1. The second-order valence-electron chi connectivity index (χ2n) is 5.47. The summed E-state index contributed by atoms with van der Waals surface area (Å²) in [5.41, 5.74) is 1.90. The van der Waals surface area contributed by atoms with E-state index >= 15 is 0 Å². The zero-order valence-corrected chi connectivity index (χ0v) is 13.3. The molecule has 2 N–H and O–H groups in total. The molecule has 0 bridgehead atoms. The van der Waals surface area contributed by atoms with Crippen LogP contribution in [0.2, 0.25) is 5.02 Å². The van der Waals surface area contributed by atoms with Gasteiger partial charge in [-0.15, -0.1) is 11.3 Å². The summed E-state index contributed by atoms with van der Waals surface area (Å²) < 4.78 is 0. The first kappa shape index (κ1) is 14.8. The first-order valence-electron chi connectivity index (χ1n) is 7.36. The van der Waals surface area contributed by atoms with Gasteiger partial charge in [0.15, 0.2) is 5.13 Å². The molecule has 0 amide bonds. The molecule has 2 atom stereocenters. The number of rotatable bonds is 5. The highest BCUT2D eigenvalue weighted by Crippen LogP contribution is 2.34. The van der Waals surface area contributed by atoms with E-state index in [4.69, 9.17) is 16.7 Å². The molecule has 1 saturated carbocycles. The van der Waals surface area contributed by atoms with Gasteiger partial charge in [0.2, 0.25) is 0 Å². The van der Waals surface area contributed by atoms with Crippen LogP contribution in [0.1, 0.15) is 25.7 Å². The molecule has 1 aliphatic carbocycles. The molecule has 112 valence electrons. The monoisotopic (exact) mass is 322 g/mol. The van der Waals surface area contributed by atoms with Crippen molar-refractivity contribution >= 4 is 28.1 Å². The maximum absolute atomic E-state index is 9.14. The number of thiazole rings is 1. The van der Waals surface area contributed by atoms with Crippen LogP contribution in [0.4, 0.5) is 5.13 Å². The van der Waals surface area contributed by atoms with E-state index in [2.05, 4.69) is 10.3 Å². The fourth-order valence-electron chi connectivity index (χ4n) is 3.03. The molecular formula is C16H19ClN2OS. The number of anilines is 1. The smallest absolute Gasteiger partial charge is 0.183 e. The molecule has 1 heterocycles. The molecule has 0 spiro atoms. The third-order valence-electron chi connectivity index (χ3n) is 4.12. The van der Waals surface area contributed by atoms with Crippen LogP contribution in [0.25, 0.3) is 11.3 Å². The number of hydrogen-bond acceptors (Lipinski definition) is 4. The Balaban J connectivity index is 1.72. The van der Waals surface area contributed by atoms with Crippen LogP contribution in [0, 0.1) is 5.92 Å². The van der Waals surface area contributed by atoms with Crippen molar-refractivity contribution in [1.82, 2.24) is 4.98 Å². The number of aliphatic hydroxyl groups excluding tert-OH is 1. The van der Waals surface area contributed by atoms with Crippen LogP contribution >= 0.6 is 22.9 Å². The maximum atomic E-state index is 9.14. The predicted octanol–water partition coefficient (Wildman–Crippen LogP) is 4.43. The molecule has 1 aromatic carbocycles. The summed E-state index contributed by atoms with van der Waals surface area (Å²) in [6.45, 7) is 0.269. The van der Waals surface area contributed by atoms with Crippen LogP contribution in [-0.2, 0) is 0 Å². The van der Waals surface area contributed by atoms with Crippen LogP contribution < -0.4 is 5.32 Å². The highest BCUT2D eigenvalue weighted by molar-refractivity contribution is 7.14. The van der Waals surface area contributed by atoms with E-state index in [0.29, 0.717) is 12.0 Å². The molecule has 5 heteroatoms. The van der Waals surface area contributed by atoms with Crippen LogP contribution in [0.5, 0.6) is 0 Å². The van der Waals surface area contributed by atoms with Gasteiger partial charge in [0.25, 0.3) is 0 Å². The fraction of sp³-hybridized carbons (Fsp3) is 0.438. The lowest BCUT2D eigenvalue weighted by atomic mass is 10.0. The van der Waals surface area contributed by atoms with E-state index in [-0.39, 0.29) is 6.61 Å². The van der Waals surface area contributed by atoms with Crippen molar-refractivity contribution < 1.29 is 5.11 Å².